The normalized spacial score (nSPS) is 17.7. The summed E-state index contributed by atoms with van der Waals surface area (Å²) >= 11 is 0. The SMILES string of the molecule is COc1cccc(/C(O)=C2\C(=O)C(=O)N(Cc3ccncc3)C2c2ccccc2C)c1. The Labute approximate surface area is 180 Å². The Hall–Kier alpha value is -3.93. The number of rotatable bonds is 5. The van der Waals surface area contributed by atoms with Crippen molar-refractivity contribution in [3.05, 3.63) is 101 Å². The summed E-state index contributed by atoms with van der Waals surface area (Å²) in [6.45, 7) is 2.15. The van der Waals surface area contributed by atoms with E-state index < -0.39 is 17.7 Å². The van der Waals surface area contributed by atoms with Crippen molar-refractivity contribution in [2.45, 2.75) is 19.5 Å². The lowest BCUT2D eigenvalue weighted by Crippen LogP contribution is -2.29. The minimum Gasteiger partial charge on any atom is -0.507 e. The lowest BCUT2D eigenvalue weighted by atomic mass is 9.92. The molecule has 1 amide bonds. The first-order chi connectivity index (χ1) is 15.0. The van der Waals surface area contributed by atoms with E-state index in [4.69, 9.17) is 4.74 Å². The number of aromatic nitrogens is 1. The predicted octanol–water partition coefficient (Wildman–Crippen LogP) is 4.02. The van der Waals surface area contributed by atoms with Gasteiger partial charge in [0, 0.05) is 24.5 Å². The number of hydrogen-bond donors (Lipinski definition) is 1. The fraction of sp³-hybridized carbons (Fsp3) is 0.160. The van der Waals surface area contributed by atoms with Crippen LogP contribution in [-0.2, 0) is 16.1 Å². The van der Waals surface area contributed by atoms with Gasteiger partial charge in [-0.1, -0.05) is 36.4 Å². The number of carbonyl (C=O) groups is 2. The molecule has 156 valence electrons. The number of carbonyl (C=O) groups excluding carboxylic acids is 2. The van der Waals surface area contributed by atoms with E-state index in [2.05, 4.69) is 4.98 Å². The van der Waals surface area contributed by atoms with Crippen LogP contribution in [0.1, 0.15) is 28.3 Å². The van der Waals surface area contributed by atoms with Gasteiger partial charge in [0.2, 0.25) is 0 Å². The number of aliphatic hydroxyl groups excluding tert-OH is 1. The number of amides is 1. The van der Waals surface area contributed by atoms with Crippen LogP contribution in [0.4, 0.5) is 0 Å². The Morgan fingerprint density at radius 2 is 1.81 bits per heavy atom. The van der Waals surface area contributed by atoms with Gasteiger partial charge in [0.05, 0.1) is 18.7 Å². The summed E-state index contributed by atoms with van der Waals surface area (Å²) in [5.41, 5.74) is 3.05. The van der Waals surface area contributed by atoms with Crippen LogP contribution in [-0.4, -0.2) is 33.8 Å². The second kappa shape index (κ2) is 8.44. The first-order valence-corrected chi connectivity index (χ1v) is 9.88. The fourth-order valence-electron chi connectivity index (χ4n) is 3.87. The zero-order valence-corrected chi connectivity index (χ0v) is 17.3. The van der Waals surface area contributed by atoms with Crippen LogP contribution in [0.5, 0.6) is 5.75 Å². The number of nitrogens with zero attached hydrogens (tertiary/aromatic N) is 2. The van der Waals surface area contributed by atoms with Crippen LogP contribution in [0.25, 0.3) is 5.76 Å². The number of pyridine rings is 1. The quantitative estimate of drug-likeness (QED) is 0.388. The van der Waals surface area contributed by atoms with Crippen molar-refractivity contribution < 1.29 is 19.4 Å². The molecule has 0 radical (unpaired) electrons. The number of likely N-dealkylation sites (tertiary alicyclic amines) is 1. The number of Topliss-reactive ketones (excluding diaryl/α,β-unsaturated/α-hetero) is 1. The molecule has 6 heteroatoms. The lowest BCUT2D eigenvalue weighted by Gasteiger charge is -2.26. The summed E-state index contributed by atoms with van der Waals surface area (Å²) in [5, 5.41) is 11.1. The molecule has 0 aliphatic carbocycles. The van der Waals surface area contributed by atoms with Gasteiger partial charge in [-0.15, -0.1) is 0 Å². The van der Waals surface area contributed by atoms with E-state index in [9.17, 15) is 14.7 Å². The smallest absolute Gasteiger partial charge is 0.295 e. The van der Waals surface area contributed by atoms with Gasteiger partial charge in [-0.05, 0) is 47.9 Å². The molecule has 3 aromatic rings. The molecule has 0 saturated carbocycles. The Bertz CT molecular complexity index is 1170. The molecule has 1 aromatic heterocycles. The Kier molecular flexibility index (Phi) is 5.54. The summed E-state index contributed by atoms with van der Waals surface area (Å²) in [6.07, 6.45) is 3.29. The van der Waals surface area contributed by atoms with Crippen LogP contribution < -0.4 is 4.74 Å². The zero-order valence-electron chi connectivity index (χ0n) is 17.3. The Morgan fingerprint density at radius 1 is 1.06 bits per heavy atom. The van der Waals surface area contributed by atoms with Gasteiger partial charge in [-0.3, -0.25) is 14.6 Å². The average Bonchev–Trinajstić information content (AvgIpc) is 3.04. The standard InChI is InChI=1S/C25H22N2O4/c1-16-6-3-4-9-20(16)22-21(23(28)18-7-5-8-19(14-18)31-2)24(29)25(30)27(22)15-17-10-12-26-13-11-17/h3-14,22,28H,15H2,1-2H3/b23-21+. The second-order valence-corrected chi connectivity index (χ2v) is 7.37. The number of aryl methyl sites for hydroxylation is 1. The first kappa shape index (κ1) is 20.3. The maximum atomic E-state index is 13.1. The highest BCUT2D eigenvalue weighted by atomic mass is 16.5. The van der Waals surface area contributed by atoms with Crippen LogP contribution in [0.2, 0.25) is 0 Å². The third-order valence-corrected chi connectivity index (χ3v) is 5.47. The molecule has 6 nitrogen and oxygen atoms in total. The van der Waals surface area contributed by atoms with Crippen LogP contribution in [0.15, 0.2) is 78.6 Å². The summed E-state index contributed by atoms with van der Waals surface area (Å²) in [7, 11) is 1.53. The van der Waals surface area contributed by atoms with Gasteiger partial charge in [-0.25, -0.2) is 0 Å². The third kappa shape index (κ3) is 3.80. The third-order valence-electron chi connectivity index (χ3n) is 5.47. The topological polar surface area (TPSA) is 79.7 Å². The maximum absolute atomic E-state index is 13.1. The first-order valence-electron chi connectivity index (χ1n) is 9.88. The molecule has 1 unspecified atom stereocenters. The minimum absolute atomic E-state index is 0.0709. The largest absolute Gasteiger partial charge is 0.507 e. The van der Waals surface area contributed by atoms with Gasteiger partial charge in [0.25, 0.3) is 11.7 Å². The maximum Gasteiger partial charge on any atom is 0.295 e. The van der Waals surface area contributed by atoms with Crippen molar-refractivity contribution in [1.29, 1.82) is 0 Å². The minimum atomic E-state index is -0.708. The molecule has 0 bridgehead atoms. The van der Waals surface area contributed by atoms with E-state index in [1.165, 1.54) is 12.0 Å². The fourth-order valence-corrected chi connectivity index (χ4v) is 3.87. The van der Waals surface area contributed by atoms with Crippen LogP contribution in [0, 0.1) is 6.92 Å². The van der Waals surface area contributed by atoms with E-state index >= 15 is 0 Å². The molecule has 0 spiro atoms. The van der Waals surface area contributed by atoms with Crippen molar-refractivity contribution in [3.8, 4) is 5.75 Å². The number of hydrogen-bond acceptors (Lipinski definition) is 5. The molecule has 31 heavy (non-hydrogen) atoms. The average molecular weight is 414 g/mol. The van der Waals surface area contributed by atoms with Crippen molar-refractivity contribution in [2.24, 2.45) is 0 Å². The molecule has 2 heterocycles. The number of benzene rings is 2. The van der Waals surface area contributed by atoms with Crippen molar-refractivity contribution in [1.82, 2.24) is 9.88 Å². The van der Waals surface area contributed by atoms with Crippen molar-refractivity contribution >= 4 is 17.4 Å². The van der Waals surface area contributed by atoms with E-state index in [1.54, 1.807) is 48.8 Å². The molecule has 1 N–H and O–H groups in total. The van der Waals surface area contributed by atoms with Gasteiger partial charge < -0.3 is 14.7 Å². The number of aliphatic hydroxyl groups is 1. The van der Waals surface area contributed by atoms with Gasteiger partial charge in [-0.2, -0.15) is 0 Å². The molecular formula is C25H22N2O4. The number of ether oxygens (including phenoxy) is 1. The van der Waals surface area contributed by atoms with E-state index in [0.29, 0.717) is 11.3 Å². The van der Waals surface area contributed by atoms with E-state index in [1.807, 2.05) is 31.2 Å². The van der Waals surface area contributed by atoms with Crippen molar-refractivity contribution in [3.63, 3.8) is 0 Å². The summed E-state index contributed by atoms with van der Waals surface area (Å²) < 4.78 is 5.24. The molecule has 1 aliphatic heterocycles. The highest BCUT2D eigenvalue weighted by Gasteiger charge is 2.46. The molecule has 2 aromatic carbocycles. The number of methoxy groups -OCH3 is 1. The summed E-state index contributed by atoms with van der Waals surface area (Å²) in [4.78, 5) is 31.7. The van der Waals surface area contributed by atoms with Gasteiger partial charge in [0.1, 0.15) is 11.5 Å². The molecule has 1 fully saturated rings. The molecule has 1 atom stereocenters. The van der Waals surface area contributed by atoms with Crippen molar-refractivity contribution in [2.75, 3.05) is 7.11 Å². The highest BCUT2D eigenvalue weighted by molar-refractivity contribution is 6.46. The number of ketones is 1. The van der Waals surface area contributed by atoms with Gasteiger partial charge in [0.15, 0.2) is 0 Å². The monoisotopic (exact) mass is 414 g/mol. The zero-order chi connectivity index (χ0) is 22.0. The van der Waals surface area contributed by atoms with E-state index in [0.717, 1.165) is 16.7 Å². The lowest BCUT2D eigenvalue weighted by molar-refractivity contribution is -0.140. The second-order valence-electron chi connectivity index (χ2n) is 7.37. The molecular weight excluding hydrogens is 392 g/mol. The van der Waals surface area contributed by atoms with E-state index in [-0.39, 0.29) is 17.9 Å². The van der Waals surface area contributed by atoms with Gasteiger partial charge >= 0.3 is 0 Å². The Morgan fingerprint density at radius 3 is 2.52 bits per heavy atom. The predicted molar refractivity (Wildman–Crippen MR) is 116 cm³/mol. The molecule has 4 rings (SSSR count). The summed E-state index contributed by atoms with van der Waals surface area (Å²) in [6, 6.07) is 17.3. The van der Waals surface area contributed by atoms with Crippen LogP contribution in [0.3, 0.4) is 0 Å². The molecule has 1 saturated heterocycles. The molecule has 1 aliphatic rings. The van der Waals surface area contributed by atoms with Crippen LogP contribution >= 0.6 is 0 Å². The highest BCUT2D eigenvalue weighted by Crippen LogP contribution is 2.41. The summed E-state index contributed by atoms with van der Waals surface area (Å²) in [5.74, 6) is -1.03. The Balaban J connectivity index is 1.89.